The van der Waals surface area contributed by atoms with Crippen molar-refractivity contribution in [3.63, 3.8) is 0 Å². The maximum atomic E-state index is 12.8. The number of nitrogens with zero attached hydrogens (tertiary/aromatic N) is 3. The molecule has 0 aliphatic carbocycles. The molecule has 0 spiro atoms. The number of ether oxygens (including phenoxy) is 2. The number of aromatic nitrogens is 2. The fourth-order valence-corrected chi connectivity index (χ4v) is 3.01. The van der Waals surface area contributed by atoms with Crippen LogP contribution in [-0.4, -0.2) is 34.1 Å². The summed E-state index contributed by atoms with van der Waals surface area (Å²) in [7, 11) is 0. The van der Waals surface area contributed by atoms with Crippen molar-refractivity contribution in [2.75, 3.05) is 13.3 Å². The molecular formula is C16H15N3O3. The van der Waals surface area contributed by atoms with Gasteiger partial charge in [0.25, 0.3) is 5.91 Å². The van der Waals surface area contributed by atoms with Gasteiger partial charge in [-0.15, -0.1) is 0 Å². The van der Waals surface area contributed by atoms with Gasteiger partial charge < -0.3 is 14.4 Å². The van der Waals surface area contributed by atoms with Crippen LogP contribution in [0.5, 0.6) is 11.5 Å². The molecule has 0 saturated carbocycles. The number of amides is 1. The molecular weight excluding hydrogens is 282 g/mol. The predicted octanol–water partition coefficient (Wildman–Crippen LogP) is 2.18. The van der Waals surface area contributed by atoms with Crippen molar-refractivity contribution in [1.82, 2.24) is 14.9 Å². The van der Waals surface area contributed by atoms with Gasteiger partial charge in [0.2, 0.25) is 6.79 Å². The third-order valence-corrected chi connectivity index (χ3v) is 4.08. The lowest BCUT2D eigenvalue weighted by Gasteiger charge is -2.24. The number of benzene rings is 1. The van der Waals surface area contributed by atoms with E-state index in [9.17, 15) is 4.79 Å². The molecule has 0 bridgehead atoms. The van der Waals surface area contributed by atoms with Crippen molar-refractivity contribution in [2.24, 2.45) is 0 Å². The number of likely N-dealkylation sites (tertiary alicyclic amines) is 1. The number of hydrogen-bond acceptors (Lipinski definition) is 5. The second kappa shape index (κ2) is 5.29. The van der Waals surface area contributed by atoms with Crippen LogP contribution in [0.15, 0.2) is 36.8 Å². The lowest BCUT2D eigenvalue weighted by molar-refractivity contribution is 0.0732. The molecule has 2 aromatic rings. The lowest BCUT2D eigenvalue weighted by atomic mass is 10.1. The topological polar surface area (TPSA) is 64.6 Å². The molecule has 0 N–H and O–H groups in total. The molecule has 0 radical (unpaired) electrons. The summed E-state index contributed by atoms with van der Waals surface area (Å²) in [6.45, 7) is 0.947. The summed E-state index contributed by atoms with van der Waals surface area (Å²) in [6.07, 6.45) is 5.14. The fourth-order valence-electron chi connectivity index (χ4n) is 3.01. The average molecular weight is 297 g/mol. The Morgan fingerprint density at radius 3 is 3.00 bits per heavy atom. The minimum absolute atomic E-state index is 0.000544. The van der Waals surface area contributed by atoms with Crippen molar-refractivity contribution in [2.45, 2.75) is 18.9 Å². The highest BCUT2D eigenvalue weighted by molar-refractivity contribution is 5.95. The Balaban J connectivity index is 1.62. The predicted molar refractivity (Wildman–Crippen MR) is 77.6 cm³/mol. The maximum Gasteiger partial charge on any atom is 0.254 e. The molecule has 112 valence electrons. The summed E-state index contributed by atoms with van der Waals surface area (Å²) in [5.74, 6) is 1.31. The molecule has 1 aromatic carbocycles. The van der Waals surface area contributed by atoms with E-state index in [1.165, 1.54) is 6.33 Å². The van der Waals surface area contributed by atoms with Gasteiger partial charge in [-0.2, -0.15) is 0 Å². The van der Waals surface area contributed by atoms with E-state index in [1.54, 1.807) is 24.4 Å². The molecule has 1 saturated heterocycles. The molecule has 0 unspecified atom stereocenters. The zero-order valence-corrected chi connectivity index (χ0v) is 11.9. The number of carbonyl (C=O) groups excluding carboxylic acids is 1. The van der Waals surface area contributed by atoms with Crippen LogP contribution >= 0.6 is 0 Å². The Morgan fingerprint density at radius 2 is 2.14 bits per heavy atom. The van der Waals surface area contributed by atoms with Gasteiger partial charge in [-0.25, -0.2) is 9.97 Å². The average Bonchev–Trinajstić information content (AvgIpc) is 3.23. The largest absolute Gasteiger partial charge is 0.454 e. The molecule has 2 aliphatic rings. The van der Waals surface area contributed by atoms with Crippen molar-refractivity contribution in [3.8, 4) is 11.5 Å². The van der Waals surface area contributed by atoms with Crippen LogP contribution in [0.4, 0.5) is 0 Å². The molecule has 6 nitrogen and oxygen atoms in total. The molecule has 1 atom stereocenters. The zero-order valence-electron chi connectivity index (χ0n) is 11.9. The van der Waals surface area contributed by atoms with Gasteiger partial charge in [0.05, 0.1) is 11.7 Å². The van der Waals surface area contributed by atoms with Gasteiger partial charge in [-0.1, -0.05) is 0 Å². The summed E-state index contributed by atoms with van der Waals surface area (Å²) in [5, 5.41) is 0. The van der Waals surface area contributed by atoms with Crippen LogP contribution in [0.3, 0.4) is 0 Å². The first kappa shape index (κ1) is 13.1. The van der Waals surface area contributed by atoms with Crippen LogP contribution in [-0.2, 0) is 0 Å². The first-order valence-electron chi connectivity index (χ1n) is 7.29. The molecule has 1 fully saturated rings. The molecule has 6 heteroatoms. The summed E-state index contributed by atoms with van der Waals surface area (Å²) in [6, 6.07) is 7.20. The van der Waals surface area contributed by atoms with E-state index >= 15 is 0 Å². The van der Waals surface area contributed by atoms with Crippen LogP contribution < -0.4 is 9.47 Å². The van der Waals surface area contributed by atoms with E-state index in [2.05, 4.69) is 9.97 Å². The summed E-state index contributed by atoms with van der Waals surface area (Å²) < 4.78 is 10.6. The summed E-state index contributed by atoms with van der Waals surface area (Å²) >= 11 is 0. The standard InChI is InChI=1S/C16H15N3O3/c20-16(11-3-4-14-15(8-11)22-10-21-14)19-7-1-2-13(19)12-5-6-17-9-18-12/h3-6,8-9,13H,1-2,7,10H2/t13-/m1/s1. The second-order valence-electron chi connectivity index (χ2n) is 5.36. The van der Waals surface area contributed by atoms with Crippen molar-refractivity contribution < 1.29 is 14.3 Å². The number of hydrogen-bond donors (Lipinski definition) is 0. The van der Waals surface area contributed by atoms with Gasteiger partial charge in [-0.05, 0) is 37.1 Å². The van der Waals surface area contributed by atoms with E-state index in [0.29, 0.717) is 17.1 Å². The minimum atomic E-state index is -0.000544. The lowest BCUT2D eigenvalue weighted by Crippen LogP contribution is -2.31. The summed E-state index contributed by atoms with van der Waals surface area (Å²) in [4.78, 5) is 22.9. The van der Waals surface area contributed by atoms with Crippen molar-refractivity contribution in [3.05, 3.63) is 48.0 Å². The van der Waals surface area contributed by atoms with Crippen LogP contribution in [0.1, 0.15) is 34.9 Å². The first-order valence-corrected chi connectivity index (χ1v) is 7.29. The summed E-state index contributed by atoms with van der Waals surface area (Å²) in [5.41, 5.74) is 1.51. The number of rotatable bonds is 2. The smallest absolute Gasteiger partial charge is 0.254 e. The van der Waals surface area contributed by atoms with Crippen molar-refractivity contribution in [1.29, 1.82) is 0 Å². The Bertz CT molecular complexity index is 705. The third-order valence-electron chi connectivity index (χ3n) is 4.08. The number of fused-ring (bicyclic) bond motifs is 1. The second-order valence-corrected chi connectivity index (χ2v) is 5.36. The highest BCUT2D eigenvalue weighted by Gasteiger charge is 2.32. The van der Waals surface area contributed by atoms with E-state index in [1.807, 2.05) is 11.0 Å². The van der Waals surface area contributed by atoms with Gasteiger partial charge in [0.1, 0.15) is 6.33 Å². The van der Waals surface area contributed by atoms with Gasteiger partial charge >= 0.3 is 0 Å². The molecule has 22 heavy (non-hydrogen) atoms. The Kier molecular flexibility index (Phi) is 3.14. The van der Waals surface area contributed by atoms with E-state index in [4.69, 9.17) is 9.47 Å². The minimum Gasteiger partial charge on any atom is -0.454 e. The van der Waals surface area contributed by atoms with E-state index < -0.39 is 0 Å². The fraction of sp³-hybridized carbons (Fsp3) is 0.312. The number of carbonyl (C=O) groups is 1. The van der Waals surface area contributed by atoms with E-state index in [0.717, 1.165) is 25.1 Å². The Morgan fingerprint density at radius 1 is 1.23 bits per heavy atom. The van der Waals surface area contributed by atoms with Crippen LogP contribution in [0.25, 0.3) is 0 Å². The van der Waals surface area contributed by atoms with Crippen LogP contribution in [0, 0.1) is 0 Å². The third kappa shape index (κ3) is 2.16. The molecule has 4 rings (SSSR count). The van der Waals surface area contributed by atoms with Gasteiger partial charge in [0, 0.05) is 18.3 Å². The molecule has 2 aliphatic heterocycles. The normalized spacial score (nSPS) is 19.5. The molecule has 3 heterocycles. The first-order chi connectivity index (χ1) is 10.8. The zero-order chi connectivity index (χ0) is 14.9. The van der Waals surface area contributed by atoms with Crippen LogP contribution in [0.2, 0.25) is 0 Å². The molecule has 1 amide bonds. The Labute approximate surface area is 127 Å². The van der Waals surface area contributed by atoms with E-state index in [-0.39, 0.29) is 18.7 Å². The van der Waals surface area contributed by atoms with Crippen molar-refractivity contribution >= 4 is 5.91 Å². The SMILES string of the molecule is O=C(c1ccc2c(c1)OCO2)N1CCC[C@@H]1c1ccncn1. The molecule has 1 aromatic heterocycles. The Hall–Kier alpha value is -2.63. The quantitative estimate of drug-likeness (QED) is 0.850. The highest BCUT2D eigenvalue weighted by Crippen LogP contribution is 2.35. The monoisotopic (exact) mass is 297 g/mol. The van der Waals surface area contributed by atoms with Gasteiger partial charge in [-0.3, -0.25) is 4.79 Å². The highest BCUT2D eigenvalue weighted by atomic mass is 16.7. The van der Waals surface area contributed by atoms with Gasteiger partial charge in [0.15, 0.2) is 11.5 Å². The maximum absolute atomic E-state index is 12.8.